The number of hydrogen-bond donors (Lipinski definition) is 2. The molecule has 3 heteroatoms. The largest absolute Gasteiger partial charge is 0.271 e. The Kier molecular flexibility index (Phi) is 5.15. The first kappa shape index (κ1) is 11.7. The van der Waals surface area contributed by atoms with Crippen LogP contribution in [-0.4, -0.2) is 6.04 Å². The maximum Gasteiger partial charge on any atom is 0.0233 e. The molecule has 0 aromatic carbocycles. The van der Waals surface area contributed by atoms with Crippen LogP contribution in [0.4, 0.5) is 0 Å². The van der Waals surface area contributed by atoms with Crippen molar-refractivity contribution in [1.29, 1.82) is 0 Å². The lowest BCUT2D eigenvalue weighted by Gasteiger charge is -2.19. The van der Waals surface area contributed by atoms with E-state index in [2.05, 4.69) is 36.8 Å². The van der Waals surface area contributed by atoms with Crippen molar-refractivity contribution < 1.29 is 0 Å². The molecule has 2 nitrogen and oxygen atoms in total. The molecule has 0 saturated carbocycles. The van der Waals surface area contributed by atoms with Crippen LogP contribution in [0.25, 0.3) is 0 Å². The lowest BCUT2D eigenvalue weighted by Crippen LogP contribution is -2.38. The molecule has 0 amide bonds. The van der Waals surface area contributed by atoms with Gasteiger partial charge in [-0.3, -0.25) is 11.3 Å². The van der Waals surface area contributed by atoms with Crippen molar-refractivity contribution in [3.8, 4) is 0 Å². The number of nitrogens with one attached hydrogen (secondary N) is 1. The molecule has 0 bridgehead atoms. The van der Waals surface area contributed by atoms with Gasteiger partial charge in [0.2, 0.25) is 0 Å². The molecule has 1 heterocycles. The molecule has 3 N–H and O–H groups in total. The summed E-state index contributed by atoms with van der Waals surface area (Å²) in [5.41, 5.74) is 2.88. The SMILES string of the molecule is CC(C)C(CCCc1cccs1)NN. The van der Waals surface area contributed by atoms with Crippen molar-refractivity contribution in [1.82, 2.24) is 5.43 Å². The standard InChI is InChI=1S/C11H20N2S/c1-9(2)11(13-12)7-3-5-10-6-4-8-14-10/h4,6,8-9,11,13H,3,5,7,12H2,1-2H3. The molecule has 0 radical (unpaired) electrons. The number of hydrogen-bond acceptors (Lipinski definition) is 3. The van der Waals surface area contributed by atoms with Gasteiger partial charge < -0.3 is 0 Å². The first-order chi connectivity index (χ1) is 6.74. The van der Waals surface area contributed by atoms with Crippen molar-refractivity contribution in [2.45, 2.75) is 39.2 Å². The second kappa shape index (κ2) is 6.17. The summed E-state index contributed by atoms with van der Waals surface area (Å²) in [5.74, 6) is 6.10. The topological polar surface area (TPSA) is 38.0 Å². The van der Waals surface area contributed by atoms with Gasteiger partial charge in [-0.2, -0.15) is 0 Å². The molecule has 1 unspecified atom stereocenters. The average Bonchev–Trinajstić information content (AvgIpc) is 2.64. The summed E-state index contributed by atoms with van der Waals surface area (Å²) in [6.07, 6.45) is 3.56. The molecule has 0 fully saturated rings. The first-order valence-electron chi connectivity index (χ1n) is 5.22. The predicted molar refractivity (Wildman–Crippen MR) is 63.2 cm³/mol. The Morgan fingerprint density at radius 2 is 2.29 bits per heavy atom. The molecule has 0 spiro atoms. The minimum Gasteiger partial charge on any atom is -0.271 e. The fourth-order valence-corrected chi connectivity index (χ4v) is 2.31. The van der Waals surface area contributed by atoms with Crippen LogP contribution in [0, 0.1) is 5.92 Å². The summed E-state index contributed by atoms with van der Waals surface area (Å²) in [5, 5.41) is 2.14. The van der Waals surface area contributed by atoms with E-state index in [-0.39, 0.29) is 0 Å². The first-order valence-corrected chi connectivity index (χ1v) is 6.10. The zero-order chi connectivity index (χ0) is 10.4. The Labute approximate surface area is 90.5 Å². The van der Waals surface area contributed by atoms with E-state index in [1.807, 2.05) is 11.3 Å². The number of thiophene rings is 1. The predicted octanol–water partition coefficient (Wildman–Crippen LogP) is 2.56. The highest BCUT2D eigenvalue weighted by atomic mass is 32.1. The van der Waals surface area contributed by atoms with E-state index in [0.717, 1.165) is 6.42 Å². The number of nitrogens with two attached hydrogens (primary N) is 1. The van der Waals surface area contributed by atoms with Gasteiger partial charge in [-0.25, -0.2) is 0 Å². The molecule has 0 aliphatic heterocycles. The van der Waals surface area contributed by atoms with Crippen LogP contribution in [0.1, 0.15) is 31.6 Å². The molecule has 1 rings (SSSR count). The summed E-state index contributed by atoms with van der Waals surface area (Å²) >= 11 is 1.84. The molecule has 0 aliphatic carbocycles. The normalized spacial score (nSPS) is 13.4. The smallest absolute Gasteiger partial charge is 0.0233 e. The number of hydrazine groups is 1. The molecular formula is C11H20N2S. The minimum absolute atomic E-state index is 0.454. The van der Waals surface area contributed by atoms with Crippen LogP contribution in [0.5, 0.6) is 0 Å². The van der Waals surface area contributed by atoms with Crippen molar-refractivity contribution in [3.63, 3.8) is 0 Å². The molecule has 80 valence electrons. The minimum atomic E-state index is 0.454. The van der Waals surface area contributed by atoms with Crippen LogP contribution in [0.3, 0.4) is 0 Å². The van der Waals surface area contributed by atoms with Gasteiger partial charge in [0.25, 0.3) is 0 Å². The maximum atomic E-state index is 5.49. The second-order valence-corrected chi connectivity index (χ2v) is 5.02. The summed E-state index contributed by atoms with van der Waals surface area (Å²) in [4.78, 5) is 1.48. The Morgan fingerprint density at radius 1 is 1.50 bits per heavy atom. The molecule has 1 aromatic heterocycles. The van der Waals surface area contributed by atoms with Gasteiger partial charge in [-0.15, -0.1) is 11.3 Å². The van der Waals surface area contributed by atoms with E-state index in [1.54, 1.807) is 0 Å². The van der Waals surface area contributed by atoms with Gasteiger partial charge in [0.1, 0.15) is 0 Å². The average molecular weight is 212 g/mol. The van der Waals surface area contributed by atoms with Crippen molar-refractivity contribution in [3.05, 3.63) is 22.4 Å². The monoisotopic (exact) mass is 212 g/mol. The number of aryl methyl sites for hydroxylation is 1. The molecule has 0 aliphatic rings. The quantitative estimate of drug-likeness (QED) is 0.562. The van der Waals surface area contributed by atoms with Crippen LogP contribution in [0.15, 0.2) is 17.5 Å². The molecule has 14 heavy (non-hydrogen) atoms. The Bertz CT molecular complexity index is 231. The molecule has 1 atom stereocenters. The van der Waals surface area contributed by atoms with Gasteiger partial charge in [-0.05, 0) is 36.6 Å². The van der Waals surface area contributed by atoms with Crippen LogP contribution in [0.2, 0.25) is 0 Å². The maximum absolute atomic E-state index is 5.49. The zero-order valence-electron chi connectivity index (χ0n) is 8.99. The third-order valence-corrected chi connectivity index (χ3v) is 3.47. The third-order valence-electron chi connectivity index (χ3n) is 2.54. The highest BCUT2D eigenvalue weighted by Gasteiger charge is 2.10. The molecule has 1 aromatic rings. The zero-order valence-corrected chi connectivity index (χ0v) is 9.81. The molecular weight excluding hydrogens is 192 g/mol. The van der Waals surface area contributed by atoms with E-state index in [4.69, 9.17) is 5.84 Å². The van der Waals surface area contributed by atoms with E-state index in [0.29, 0.717) is 12.0 Å². The van der Waals surface area contributed by atoms with Crippen molar-refractivity contribution in [2.24, 2.45) is 11.8 Å². The summed E-state index contributed by atoms with van der Waals surface area (Å²) < 4.78 is 0. The van der Waals surface area contributed by atoms with Crippen molar-refractivity contribution in [2.75, 3.05) is 0 Å². The fourth-order valence-electron chi connectivity index (χ4n) is 1.56. The van der Waals surface area contributed by atoms with E-state index in [1.165, 1.54) is 17.7 Å². The molecule has 0 saturated heterocycles. The van der Waals surface area contributed by atoms with Gasteiger partial charge in [-0.1, -0.05) is 19.9 Å². The fraction of sp³-hybridized carbons (Fsp3) is 0.636. The van der Waals surface area contributed by atoms with Gasteiger partial charge in [0.15, 0.2) is 0 Å². The Balaban J connectivity index is 2.20. The summed E-state index contributed by atoms with van der Waals surface area (Å²) in [7, 11) is 0. The second-order valence-electron chi connectivity index (χ2n) is 3.99. The number of rotatable bonds is 6. The highest BCUT2D eigenvalue weighted by Crippen LogP contribution is 2.14. The summed E-state index contributed by atoms with van der Waals surface area (Å²) in [6.45, 7) is 4.41. The third kappa shape index (κ3) is 3.78. The van der Waals surface area contributed by atoms with Gasteiger partial charge in [0.05, 0.1) is 0 Å². The van der Waals surface area contributed by atoms with Crippen LogP contribution < -0.4 is 11.3 Å². The van der Waals surface area contributed by atoms with E-state index >= 15 is 0 Å². The van der Waals surface area contributed by atoms with E-state index < -0.39 is 0 Å². The van der Waals surface area contributed by atoms with Crippen LogP contribution >= 0.6 is 11.3 Å². The lowest BCUT2D eigenvalue weighted by molar-refractivity contribution is 0.376. The van der Waals surface area contributed by atoms with Gasteiger partial charge >= 0.3 is 0 Å². The van der Waals surface area contributed by atoms with Crippen molar-refractivity contribution >= 4 is 11.3 Å². The van der Waals surface area contributed by atoms with E-state index in [9.17, 15) is 0 Å². The Hall–Kier alpha value is -0.380. The van der Waals surface area contributed by atoms with Gasteiger partial charge in [0, 0.05) is 10.9 Å². The highest BCUT2D eigenvalue weighted by molar-refractivity contribution is 7.09. The Morgan fingerprint density at radius 3 is 2.79 bits per heavy atom. The summed E-state index contributed by atoms with van der Waals surface area (Å²) in [6, 6.07) is 4.77. The van der Waals surface area contributed by atoms with Crippen LogP contribution in [-0.2, 0) is 6.42 Å². The lowest BCUT2D eigenvalue weighted by atomic mass is 9.99.